The zero-order valence-electron chi connectivity index (χ0n) is 11.8. The summed E-state index contributed by atoms with van der Waals surface area (Å²) in [5.74, 6) is 0.777. The molecule has 1 aromatic rings. The summed E-state index contributed by atoms with van der Waals surface area (Å²) in [5.41, 5.74) is 6.74. The maximum absolute atomic E-state index is 11.8. The van der Waals surface area contributed by atoms with Crippen LogP contribution >= 0.6 is 0 Å². The van der Waals surface area contributed by atoms with Crippen molar-refractivity contribution in [1.29, 1.82) is 0 Å². The molecule has 1 unspecified atom stereocenters. The molecule has 1 atom stereocenters. The van der Waals surface area contributed by atoms with Crippen molar-refractivity contribution in [1.82, 2.24) is 5.32 Å². The molecule has 1 amide bonds. The minimum absolute atomic E-state index is 0.0252. The molecule has 0 saturated carbocycles. The fourth-order valence-corrected chi connectivity index (χ4v) is 1.90. The second kappa shape index (κ2) is 8.53. The van der Waals surface area contributed by atoms with Gasteiger partial charge in [0.15, 0.2) is 0 Å². The molecule has 1 rings (SSSR count). The lowest BCUT2D eigenvalue weighted by Crippen LogP contribution is -2.37. The quantitative estimate of drug-likeness (QED) is 0.704. The van der Waals surface area contributed by atoms with Crippen molar-refractivity contribution >= 4 is 5.91 Å². The van der Waals surface area contributed by atoms with Gasteiger partial charge in [-0.05, 0) is 31.0 Å². The van der Waals surface area contributed by atoms with Crippen molar-refractivity contribution in [3.05, 3.63) is 29.8 Å². The predicted octanol–water partition coefficient (Wildman–Crippen LogP) is 1.87. The molecule has 0 aromatic heterocycles. The lowest BCUT2D eigenvalue weighted by atomic mass is 10.0. The second-order valence-electron chi connectivity index (χ2n) is 4.68. The molecule has 0 heterocycles. The molecule has 106 valence electrons. The van der Waals surface area contributed by atoms with Crippen molar-refractivity contribution in [3.63, 3.8) is 0 Å². The van der Waals surface area contributed by atoms with Crippen LogP contribution in [0.2, 0.25) is 0 Å². The smallest absolute Gasteiger partial charge is 0.224 e. The van der Waals surface area contributed by atoms with E-state index in [2.05, 4.69) is 12.2 Å². The maximum atomic E-state index is 11.8. The van der Waals surface area contributed by atoms with E-state index in [4.69, 9.17) is 10.5 Å². The van der Waals surface area contributed by atoms with Crippen LogP contribution in [-0.4, -0.2) is 25.6 Å². The Hall–Kier alpha value is -1.55. The van der Waals surface area contributed by atoms with Crippen LogP contribution in [-0.2, 0) is 4.79 Å². The van der Waals surface area contributed by atoms with E-state index in [0.717, 1.165) is 24.2 Å². The maximum Gasteiger partial charge on any atom is 0.224 e. The van der Waals surface area contributed by atoms with Gasteiger partial charge in [0.05, 0.1) is 12.5 Å². The first-order chi connectivity index (χ1) is 9.17. The van der Waals surface area contributed by atoms with Gasteiger partial charge < -0.3 is 15.8 Å². The van der Waals surface area contributed by atoms with Gasteiger partial charge in [-0.3, -0.25) is 4.79 Å². The summed E-state index contributed by atoms with van der Waals surface area (Å²) in [6.45, 7) is 5.45. The molecule has 0 aliphatic carbocycles. The second-order valence-corrected chi connectivity index (χ2v) is 4.68. The van der Waals surface area contributed by atoms with Gasteiger partial charge >= 0.3 is 0 Å². The topological polar surface area (TPSA) is 64.4 Å². The third kappa shape index (κ3) is 5.75. The van der Waals surface area contributed by atoms with Crippen molar-refractivity contribution in [2.24, 2.45) is 11.7 Å². The number of amides is 1. The minimum atomic E-state index is -0.0797. The predicted molar refractivity (Wildman–Crippen MR) is 77.1 cm³/mol. The fraction of sp³-hybridized carbons (Fsp3) is 0.533. The molecular formula is C15H24N2O2. The van der Waals surface area contributed by atoms with Crippen LogP contribution in [0.4, 0.5) is 0 Å². The number of hydrogen-bond donors (Lipinski definition) is 2. The number of carbonyl (C=O) groups is 1. The van der Waals surface area contributed by atoms with Gasteiger partial charge in [0.25, 0.3) is 0 Å². The molecule has 4 nitrogen and oxygen atoms in total. The van der Waals surface area contributed by atoms with E-state index < -0.39 is 0 Å². The van der Waals surface area contributed by atoms with Crippen LogP contribution in [0.25, 0.3) is 0 Å². The highest BCUT2D eigenvalue weighted by atomic mass is 16.5. The van der Waals surface area contributed by atoms with Crippen molar-refractivity contribution in [2.45, 2.75) is 26.7 Å². The van der Waals surface area contributed by atoms with E-state index in [-0.39, 0.29) is 11.8 Å². The monoisotopic (exact) mass is 264 g/mol. The zero-order chi connectivity index (χ0) is 14.1. The Balaban J connectivity index is 2.25. The minimum Gasteiger partial charge on any atom is -0.492 e. The van der Waals surface area contributed by atoms with E-state index >= 15 is 0 Å². The Bertz CT molecular complexity index is 393. The molecular weight excluding hydrogens is 240 g/mol. The Kier molecular flexibility index (Phi) is 6.97. The number of ether oxygens (including phenoxy) is 1. The molecule has 0 fully saturated rings. The van der Waals surface area contributed by atoms with Crippen molar-refractivity contribution in [2.75, 3.05) is 19.7 Å². The van der Waals surface area contributed by atoms with Crippen LogP contribution in [0.3, 0.4) is 0 Å². The van der Waals surface area contributed by atoms with Crippen LogP contribution in [0.15, 0.2) is 24.3 Å². The van der Waals surface area contributed by atoms with Gasteiger partial charge in [0, 0.05) is 6.54 Å². The summed E-state index contributed by atoms with van der Waals surface area (Å²) in [4.78, 5) is 11.8. The lowest BCUT2D eigenvalue weighted by Gasteiger charge is -2.14. The summed E-state index contributed by atoms with van der Waals surface area (Å²) >= 11 is 0. The Morgan fingerprint density at radius 1 is 1.47 bits per heavy atom. The van der Waals surface area contributed by atoms with Gasteiger partial charge in [-0.25, -0.2) is 0 Å². The number of carbonyl (C=O) groups excluding carboxylic acids is 1. The molecule has 0 aliphatic heterocycles. The third-order valence-corrected chi connectivity index (χ3v) is 2.95. The number of aryl methyl sites for hydroxylation is 1. The van der Waals surface area contributed by atoms with Crippen LogP contribution in [0, 0.1) is 12.8 Å². The van der Waals surface area contributed by atoms with Crippen LogP contribution in [0.1, 0.15) is 25.3 Å². The summed E-state index contributed by atoms with van der Waals surface area (Å²) < 4.78 is 5.56. The molecule has 0 spiro atoms. The van der Waals surface area contributed by atoms with Crippen LogP contribution < -0.4 is 15.8 Å². The molecule has 19 heavy (non-hydrogen) atoms. The highest BCUT2D eigenvalue weighted by Crippen LogP contribution is 2.11. The van der Waals surface area contributed by atoms with E-state index in [0.29, 0.717) is 19.7 Å². The summed E-state index contributed by atoms with van der Waals surface area (Å²) in [5, 5.41) is 2.86. The molecule has 0 aliphatic rings. The summed E-state index contributed by atoms with van der Waals surface area (Å²) in [6.07, 6.45) is 1.80. The standard InChI is InChI=1S/C15H24N2O2/c1-3-5-13(11-16)15(18)17-8-9-19-14-7-4-6-12(2)10-14/h4,6-7,10,13H,3,5,8-9,11,16H2,1-2H3,(H,17,18). The van der Waals surface area contributed by atoms with Gasteiger partial charge in [-0.1, -0.05) is 25.5 Å². The van der Waals surface area contributed by atoms with E-state index in [1.807, 2.05) is 31.2 Å². The van der Waals surface area contributed by atoms with Gasteiger partial charge in [0.2, 0.25) is 5.91 Å². The van der Waals surface area contributed by atoms with Gasteiger partial charge in [-0.2, -0.15) is 0 Å². The number of nitrogens with two attached hydrogens (primary N) is 1. The zero-order valence-corrected chi connectivity index (χ0v) is 11.8. The third-order valence-electron chi connectivity index (χ3n) is 2.95. The van der Waals surface area contributed by atoms with Crippen LogP contribution in [0.5, 0.6) is 5.75 Å². The number of hydrogen-bond acceptors (Lipinski definition) is 3. The average Bonchev–Trinajstić information content (AvgIpc) is 2.40. The fourth-order valence-electron chi connectivity index (χ4n) is 1.90. The van der Waals surface area contributed by atoms with E-state index in [1.54, 1.807) is 0 Å². The molecule has 0 saturated heterocycles. The normalized spacial score (nSPS) is 11.9. The highest BCUT2D eigenvalue weighted by Gasteiger charge is 2.14. The van der Waals surface area contributed by atoms with E-state index in [1.165, 1.54) is 0 Å². The van der Waals surface area contributed by atoms with Crippen molar-refractivity contribution < 1.29 is 9.53 Å². The van der Waals surface area contributed by atoms with Crippen molar-refractivity contribution in [3.8, 4) is 5.75 Å². The SMILES string of the molecule is CCCC(CN)C(=O)NCCOc1cccc(C)c1. The van der Waals surface area contributed by atoms with Gasteiger partial charge in [0.1, 0.15) is 12.4 Å². The molecule has 4 heteroatoms. The number of nitrogens with one attached hydrogen (secondary N) is 1. The highest BCUT2D eigenvalue weighted by molar-refractivity contribution is 5.78. The largest absolute Gasteiger partial charge is 0.492 e. The molecule has 0 bridgehead atoms. The Morgan fingerprint density at radius 3 is 2.89 bits per heavy atom. The first-order valence-corrected chi connectivity index (χ1v) is 6.84. The van der Waals surface area contributed by atoms with Gasteiger partial charge in [-0.15, -0.1) is 0 Å². The number of benzene rings is 1. The Morgan fingerprint density at radius 2 is 2.26 bits per heavy atom. The van der Waals surface area contributed by atoms with E-state index in [9.17, 15) is 4.79 Å². The summed E-state index contributed by atoms with van der Waals surface area (Å²) in [6, 6.07) is 7.86. The summed E-state index contributed by atoms with van der Waals surface area (Å²) in [7, 11) is 0. The first-order valence-electron chi connectivity index (χ1n) is 6.84. The lowest BCUT2D eigenvalue weighted by molar-refractivity contribution is -0.125. The number of rotatable bonds is 8. The average molecular weight is 264 g/mol. The Labute approximate surface area is 115 Å². The molecule has 1 aromatic carbocycles. The molecule has 3 N–H and O–H groups in total. The molecule has 0 radical (unpaired) electrons. The first kappa shape index (κ1) is 15.5.